The smallest absolute Gasteiger partial charge is 0.226 e. The number of hydrogen-bond donors (Lipinski definition) is 0. The molecule has 4 heteroatoms. The summed E-state index contributed by atoms with van der Waals surface area (Å²) in [5.41, 5.74) is 1.50. The van der Waals surface area contributed by atoms with E-state index in [0.717, 1.165) is 11.8 Å². The quantitative estimate of drug-likeness (QED) is 0.684. The number of aromatic nitrogens is 2. The third-order valence-corrected chi connectivity index (χ3v) is 1.77. The van der Waals surface area contributed by atoms with E-state index in [9.17, 15) is 4.79 Å². The van der Waals surface area contributed by atoms with Crippen LogP contribution in [0, 0.1) is 0 Å². The molecule has 0 atom stereocenters. The van der Waals surface area contributed by atoms with Crippen LogP contribution in [0.3, 0.4) is 0 Å². The molecule has 2 aromatic rings. The number of carbonyl (C=O) groups is 1. The van der Waals surface area contributed by atoms with E-state index >= 15 is 0 Å². The zero-order valence-corrected chi connectivity index (χ0v) is 7.38. The lowest BCUT2D eigenvalue weighted by Gasteiger charge is -1.91. The van der Waals surface area contributed by atoms with Crippen LogP contribution in [0.25, 0.3) is 11.5 Å². The molecule has 0 unspecified atom stereocenters. The molecular formula is C10H8N2O2. The van der Waals surface area contributed by atoms with Crippen molar-refractivity contribution in [3.05, 3.63) is 36.5 Å². The Balaban J connectivity index is 2.29. The van der Waals surface area contributed by atoms with Crippen LogP contribution >= 0.6 is 0 Å². The van der Waals surface area contributed by atoms with Gasteiger partial charge in [-0.05, 0) is 12.1 Å². The van der Waals surface area contributed by atoms with Gasteiger partial charge in [0, 0.05) is 24.4 Å². The maximum absolute atomic E-state index is 10.2. The molecule has 0 spiro atoms. The van der Waals surface area contributed by atoms with Crippen LogP contribution < -0.4 is 0 Å². The molecule has 0 N–H and O–H groups in total. The Bertz CT molecular complexity index is 423. The van der Waals surface area contributed by atoms with E-state index in [4.69, 9.17) is 4.42 Å². The molecule has 0 aromatic carbocycles. The highest BCUT2D eigenvalue weighted by atomic mass is 16.3. The Morgan fingerprint density at radius 3 is 2.86 bits per heavy atom. The minimum Gasteiger partial charge on any atom is -0.444 e. The first-order valence-corrected chi connectivity index (χ1v) is 4.18. The molecule has 4 nitrogen and oxygen atoms in total. The first kappa shape index (κ1) is 8.62. The van der Waals surface area contributed by atoms with Crippen LogP contribution in [0.2, 0.25) is 0 Å². The van der Waals surface area contributed by atoms with Gasteiger partial charge in [0.05, 0.1) is 5.69 Å². The highest BCUT2D eigenvalue weighted by molar-refractivity contribution is 5.56. The van der Waals surface area contributed by atoms with Gasteiger partial charge in [0.15, 0.2) is 0 Å². The van der Waals surface area contributed by atoms with Crippen molar-refractivity contribution in [3.8, 4) is 11.5 Å². The fourth-order valence-electron chi connectivity index (χ4n) is 1.11. The summed E-state index contributed by atoms with van der Waals surface area (Å²) < 4.78 is 5.21. The van der Waals surface area contributed by atoms with Gasteiger partial charge in [-0.25, -0.2) is 4.98 Å². The van der Waals surface area contributed by atoms with Crippen molar-refractivity contribution in [3.63, 3.8) is 0 Å². The van der Waals surface area contributed by atoms with Crippen molar-refractivity contribution >= 4 is 6.29 Å². The highest BCUT2D eigenvalue weighted by Crippen LogP contribution is 2.16. The summed E-state index contributed by atoms with van der Waals surface area (Å²) in [6, 6.07) is 3.60. The van der Waals surface area contributed by atoms with Gasteiger partial charge < -0.3 is 9.21 Å². The number of nitrogens with zero attached hydrogens (tertiary/aromatic N) is 2. The maximum Gasteiger partial charge on any atom is 0.226 e. The predicted octanol–water partition coefficient (Wildman–Crippen LogP) is 1.48. The lowest BCUT2D eigenvalue weighted by Crippen LogP contribution is -1.85. The Morgan fingerprint density at radius 1 is 1.36 bits per heavy atom. The number of hydrogen-bond acceptors (Lipinski definition) is 4. The summed E-state index contributed by atoms with van der Waals surface area (Å²) in [5, 5.41) is 0. The number of pyridine rings is 1. The van der Waals surface area contributed by atoms with Gasteiger partial charge in [-0.15, -0.1) is 0 Å². The van der Waals surface area contributed by atoms with E-state index in [0.29, 0.717) is 11.6 Å². The Hall–Kier alpha value is -1.97. The molecule has 14 heavy (non-hydrogen) atoms. The third kappa shape index (κ3) is 1.69. The molecule has 0 radical (unpaired) electrons. The second kappa shape index (κ2) is 3.83. The van der Waals surface area contributed by atoms with Crippen molar-refractivity contribution in [2.75, 3.05) is 0 Å². The molecule has 2 heterocycles. The van der Waals surface area contributed by atoms with E-state index in [2.05, 4.69) is 9.97 Å². The fraction of sp³-hybridized carbons (Fsp3) is 0.100. The van der Waals surface area contributed by atoms with E-state index < -0.39 is 0 Å². The number of aldehydes is 1. The van der Waals surface area contributed by atoms with Crippen LogP contribution in [0.1, 0.15) is 5.69 Å². The number of rotatable bonds is 3. The molecular weight excluding hydrogens is 180 g/mol. The van der Waals surface area contributed by atoms with Crippen molar-refractivity contribution in [1.29, 1.82) is 0 Å². The molecule has 0 saturated heterocycles. The van der Waals surface area contributed by atoms with E-state index in [1.807, 2.05) is 0 Å². The molecule has 0 bridgehead atoms. The summed E-state index contributed by atoms with van der Waals surface area (Å²) in [4.78, 5) is 18.3. The summed E-state index contributed by atoms with van der Waals surface area (Å²) in [6.45, 7) is 0. The molecule has 2 aromatic heterocycles. The minimum absolute atomic E-state index is 0.286. The number of carbonyl (C=O) groups excluding carboxylic acids is 1. The van der Waals surface area contributed by atoms with Gasteiger partial charge >= 0.3 is 0 Å². The van der Waals surface area contributed by atoms with Gasteiger partial charge in [-0.2, -0.15) is 0 Å². The summed E-state index contributed by atoms with van der Waals surface area (Å²) >= 11 is 0. The maximum atomic E-state index is 10.2. The summed E-state index contributed by atoms with van der Waals surface area (Å²) in [7, 11) is 0. The van der Waals surface area contributed by atoms with Gasteiger partial charge in [0.25, 0.3) is 0 Å². The van der Waals surface area contributed by atoms with E-state index in [1.165, 1.54) is 6.26 Å². The van der Waals surface area contributed by atoms with Crippen molar-refractivity contribution in [2.24, 2.45) is 0 Å². The van der Waals surface area contributed by atoms with E-state index in [1.54, 1.807) is 24.5 Å². The topological polar surface area (TPSA) is 56.0 Å². The summed E-state index contributed by atoms with van der Waals surface area (Å²) in [5.74, 6) is 0.518. The molecule has 0 aliphatic rings. The first-order valence-electron chi connectivity index (χ1n) is 4.18. The molecule has 0 aliphatic heterocycles. The van der Waals surface area contributed by atoms with Crippen LogP contribution in [0.15, 0.2) is 35.2 Å². The third-order valence-electron chi connectivity index (χ3n) is 1.77. The summed E-state index contributed by atoms with van der Waals surface area (Å²) in [6.07, 6.45) is 5.91. The predicted molar refractivity (Wildman–Crippen MR) is 49.5 cm³/mol. The van der Waals surface area contributed by atoms with Crippen molar-refractivity contribution in [2.45, 2.75) is 6.42 Å². The average molecular weight is 188 g/mol. The monoisotopic (exact) mass is 188 g/mol. The number of oxazole rings is 1. The lowest BCUT2D eigenvalue weighted by molar-refractivity contribution is -0.107. The zero-order valence-electron chi connectivity index (χ0n) is 7.38. The van der Waals surface area contributed by atoms with Crippen molar-refractivity contribution < 1.29 is 9.21 Å². The second-order valence-corrected chi connectivity index (χ2v) is 2.75. The standard InChI is InChI=1S/C10H8N2O2/c13-6-3-9-7-14-10(12-9)8-1-4-11-5-2-8/h1-2,4-7H,3H2. The highest BCUT2D eigenvalue weighted by Gasteiger charge is 2.04. The van der Waals surface area contributed by atoms with Gasteiger partial charge in [-0.1, -0.05) is 0 Å². The Labute approximate surface area is 80.6 Å². The van der Waals surface area contributed by atoms with Gasteiger partial charge in [0.2, 0.25) is 5.89 Å². The van der Waals surface area contributed by atoms with Crippen molar-refractivity contribution in [1.82, 2.24) is 9.97 Å². The molecule has 70 valence electrons. The van der Waals surface area contributed by atoms with Crippen LogP contribution in [0.4, 0.5) is 0 Å². The molecule has 0 saturated carbocycles. The van der Waals surface area contributed by atoms with Crippen LogP contribution in [-0.2, 0) is 11.2 Å². The molecule has 0 amide bonds. The van der Waals surface area contributed by atoms with Gasteiger partial charge in [0.1, 0.15) is 12.5 Å². The Kier molecular flexibility index (Phi) is 2.36. The largest absolute Gasteiger partial charge is 0.444 e. The van der Waals surface area contributed by atoms with Crippen LogP contribution in [0.5, 0.6) is 0 Å². The first-order chi connectivity index (χ1) is 6.90. The molecule has 0 fully saturated rings. The van der Waals surface area contributed by atoms with Gasteiger partial charge in [-0.3, -0.25) is 4.98 Å². The molecule has 2 rings (SSSR count). The zero-order chi connectivity index (χ0) is 9.80. The minimum atomic E-state index is 0.286. The normalized spacial score (nSPS) is 10.0. The second-order valence-electron chi connectivity index (χ2n) is 2.75. The lowest BCUT2D eigenvalue weighted by atomic mass is 10.3. The Morgan fingerprint density at radius 2 is 2.14 bits per heavy atom. The van der Waals surface area contributed by atoms with Crippen LogP contribution in [-0.4, -0.2) is 16.3 Å². The molecule has 0 aliphatic carbocycles. The average Bonchev–Trinajstić information content (AvgIpc) is 2.68. The SMILES string of the molecule is O=CCc1coc(-c2ccncc2)n1. The van der Waals surface area contributed by atoms with E-state index in [-0.39, 0.29) is 6.42 Å². The fourth-order valence-corrected chi connectivity index (χ4v) is 1.11.